The second-order valence-electron chi connectivity index (χ2n) is 5.63. The minimum atomic E-state index is -0.113. The lowest BCUT2D eigenvalue weighted by Crippen LogP contribution is -2.40. The average molecular weight is 299 g/mol. The van der Waals surface area contributed by atoms with Gasteiger partial charge < -0.3 is 20.3 Å². The lowest BCUT2D eigenvalue weighted by molar-refractivity contribution is -0.134. The summed E-state index contributed by atoms with van der Waals surface area (Å²) in [6.07, 6.45) is 5.77. The van der Waals surface area contributed by atoms with Gasteiger partial charge in [-0.1, -0.05) is 6.42 Å². The van der Waals surface area contributed by atoms with Crippen LogP contribution in [0.5, 0.6) is 0 Å². The first-order valence-electron chi connectivity index (χ1n) is 7.86. The van der Waals surface area contributed by atoms with E-state index in [9.17, 15) is 9.59 Å². The highest BCUT2D eigenvalue weighted by Crippen LogP contribution is 2.12. The molecule has 21 heavy (non-hydrogen) atoms. The van der Waals surface area contributed by atoms with E-state index < -0.39 is 0 Å². The number of nitrogens with one attached hydrogen (secondary N) is 2. The third kappa shape index (κ3) is 8.02. The zero-order valence-corrected chi connectivity index (χ0v) is 13.3. The summed E-state index contributed by atoms with van der Waals surface area (Å²) in [6.45, 7) is 2.40. The molecule has 6 nitrogen and oxygen atoms in total. The molecule has 0 aromatic heterocycles. The molecule has 1 fully saturated rings. The van der Waals surface area contributed by atoms with E-state index in [2.05, 4.69) is 10.6 Å². The third-order valence-electron chi connectivity index (χ3n) is 3.77. The Morgan fingerprint density at radius 1 is 1.38 bits per heavy atom. The molecule has 1 unspecified atom stereocenters. The molecule has 1 saturated heterocycles. The van der Waals surface area contributed by atoms with E-state index >= 15 is 0 Å². The molecule has 122 valence electrons. The fourth-order valence-electron chi connectivity index (χ4n) is 2.46. The molecule has 0 saturated carbocycles. The summed E-state index contributed by atoms with van der Waals surface area (Å²) in [5.41, 5.74) is 0. The van der Waals surface area contributed by atoms with E-state index in [4.69, 9.17) is 4.74 Å². The molecule has 0 spiro atoms. The number of methoxy groups -OCH3 is 1. The Morgan fingerprint density at radius 3 is 2.86 bits per heavy atom. The Labute approximate surface area is 127 Å². The maximum atomic E-state index is 12.0. The maximum Gasteiger partial charge on any atom is 0.239 e. The fourth-order valence-corrected chi connectivity index (χ4v) is 2.46. The van der Waals surface area contributed by atoms with Crippen molar-refractivity contribution in [2.75, 3.05) is 40.4 Å². The van der Waals surface area contributed by atoms with Crippen LogP contribution in [0.15, 0.2) is 0 Å². The van der Waals surface area contributed by atoms with E-state index in [0.717, 1.165) is 25.8 Å². The van der Waals surface area contributed by atoms with Crippen molar-refractivity contribution in [3.05, 3.63) is 0 Å². The van der Waals surface area contributed by atoms with Gasteiger partial charge in [0.2, 0.25) is 11.8 Å². The number of carbonyl (C=O) groups excluding carboxylic acids is 2. The standard InChI is InChI=1S/C15H29N3O3/c1-18(12-14(19)17-10-5-11-21-2)15(20)8-7-13-6-3-4-9-16-13/h13,16H,3-12H2,1-2H3,(H,17,19). The molecule has 0 radical (unpaired) electrons. The predicted octanol–water partition coefficient (Wildman–Crippen LogP) is 0.520. The van der Waals surface area contributed by atoms with Gasteiger partial charge in [0, 0.05) is 39.8 Å². The fraction of sp³-hybridized carbons (Fsp3) is 0.867. The molecule has 6 heteroatoms. The Balaban J connectivity index is 2.13. The molecule has 2 amide bonds. The van der Waals surface area contributed by atoms with Gasteiger partial charge in [-0.25, -0.2) is 0 Å². The number of rotatable bonds is 9. The average Bonchev–Trinajstić information content (AvgIpc) is 2.50. The number of ether oxygens (including phenoxy) is 1. The number of hydrogen-bond acceptors (Lipinski definition) is 4. The lowest BCUT2D eigenvalue weighted by atomic mass is 10.0. The van der Waals surface area contributed by atoms with E-state index in [-0.39, 0.29) is 18.4 Å². The van der Waals surface area contributed by atoms with Gasteiger partial charge in [0.05, 0.1) is 6.54 Å². The van der Waals surface area contributed by atoms with Crippen molar-refractivity contribution in [2.45, 2.75) is 44.6 Å². The quantitative estimate of drug-likeness (QED) is 0.609. The van der Waals surface area contributed by atoms with E-state index in [1.807, 2.05) is 0 Å². The van der Waals surface area contributed by atoms with Crippen LogP contribution in [0, 0.1) is 0 Å². The summed E-state index contributed by atoms with van der Waals surface area (Å²) >= 11 is 0. The van der Waals surface area contributed by atoms with Crippen molar-refractivity contribution >= 4 is 11.8 Å². The summed E-state index contributed by atoms with van der Waals surface area (Å²) in [6, 6.07) is 0.457. The smallest absolute Gasteiger partial charge is 0.239 e. The minimum Gasteiger partial charge on any atom is -0.385 e. The molecule has 1 heterocycles. The molecular weight excluding hydrogens is 270 g/mol. The van der Waals surface area contributed by atoms with Crippen molar-refractivity contribution in [1.29, 1.82) is 0 Å². The number of amides is 2. The van der Waals surface area contributed by atoms with Crippen LogP contribution in [-0.4, -0.2) is 63.2 Å². The van der Waals surface area contributed by atoms with Crippen molar-refractivity contribution < 1.29 is 14.3 Å². The van der Waals surface area contributed by atoms with Gasteiger partial charge in [-0.3, -0.25) is 9.59 Å². The van der Waals surface area contributed by atoms with Crippen LogP contribution in [-0.2, 0) is 14.3 Å². The highest BCUT2D eigenvalue weighted by atomic mass is 16.5. The predicted molar refractivity (Wildman–Crippen MR) is 82.0 cm³/mol. The van der Waals surface area contributed by atoms with Gasteiger partial charge in [0.1, 0.15) is 0 Å². The Bertz CT molecular complexity index is 317. The summed E-state index contributed by atoms with van der Waals surface area (Å²) in [5.74, 6) is -0.0767. The number of nitrogens with zero attached hydrogens (tertiary/aromatic N) is 1. The van der Waals surface area contributed by atoms with Crippen LogP contribution in [0.1, 0.15) is 38.5 Å². The Morgan fingerprint density at radius 2 is 2.19 bits per heavy atom. The summed E-state index contributed by atoms with van der Waals surface area (Å²) in [5, 5.41) is 6.22. The van der Waals surface area contributed by atoms with Crippen LogP contribution in [0.25, 0.3) is 0 Å². The van der Waals surface area contributed by atoms with Crippen molar-refractivity contribution in [1.82, 2.24) is 15.5 Å². The second-order valence-corrected chi connectivity index (χ2v) is 5.63. The molecule has 0 aromatic carbocycles. The minimum absolute atomic E-state index is 0.0365. The van der Waals surface area contributed by atoms with Crippen LogP contribution in [0.3, 0.4) is 0 Å². The molecule has 0 bridgehead atoms. The van der Waals surface area contributed by atoms with E-state index in [1.54, 1.807) is 14.2 Å². The molecule has 0 aliphatic carbocycles. The summed E-state index contributed by atoms with van der Waals surface area (Å²) < 4.78 is 4.91. The highest BCUT2D eigenvalue weighted by molar-refractivity contribution is 5.84. The Kier molecular flexibility index (Phi) is 9.01. The molecule has 1 aliphatic heterocycles. The topological polar surface area (TPSA) is 70.7 Å². The number of piperidine rings is 1. The van der Waals surface area contributed by atoms with Crippen LogP contribution >= 0.6 is 0 Å². The number of carbonyl (C=O) groups is 2. The van der Waals surface area contributed by atoms with Gasteiger partial charge in [0.15, 0.2) is 0 Å². The van der Waals surface area contributed by atoms with E-state index in [1.165, 1.54) is 17.7 Å². The number of likely N-dealkylation sites (N-methyl/N-ethyl adjacent to an activating group) is 1. The molecule has 1 atom stereocenters. The first-order valence-corrected chi connectivity index (χ1v) is 7.86. The third-order valence-corrected chi connectivity index (χ3v) is 3.77. The lowest BCUT2D eigenvalue weighted by Gasteiger charge is -2.24. The summed E-state index contributed by atoms with van der Waals surface area (Å²) in [4.78, 5) is 25.2. The van der Waals surface area contributed by atoms with Gasteiger partial charge in [-0.2, -0.15) is 0 Å². The molecule has 2 N–H and O–H groups in total. The van der Waals surface area contributed by atoms with Crippen molar-refractivity contribution in [3.63, 3.8) is 0 Å². The van der Waals surface area contributed by atoms with Gasteiger partial charge in [-0.15, -0.1) is 0 Å². The Hall–Kier alpha value is -1.14. The highest BCUT2D eigenvalue weighted by Gasteiger charge is 2.17. The normalized spacial score (nSPS) is 18.3. The zero-order chi connectivity index (χ0) is 15.5. The maximum absolute atomic E-state index is 12.0. The number of hydrogen-bond donors (Lipinski definition) is 2. The summed E-state index contributed by atoms with van der Waals surface area (Å²) in [7, 11) is 3.32. The van der Waals surface area contributed by atoms with Crippen molar-refractivity contribution in [2.24, 2.45) is 0 Å². The van der Waals surface area contributed by atoms with E-state index in [0.29, 0.717) is 25.6 Å². The van der Waals surface area contributed by atoms with Gasteiger partial charge in [-0.05, 0) is 32.2 Å². The first-order chi connectivity index (χ1) is 10.1. The molecule has 0 aromatic rings. The van der Waals surface area contributed by atoms with Crippen molar-refractivity contribution in [3.8, 4) is 0 Å². The molecule has 1 rings (SSSR count). The SMILES string of the molecule is COCCCNC(=O)CN(C)C(=O)CCC1CCCCN1. The van der Waals surface area contributed by atoms with Gasteiger partial charge in [0.25, 0.3) is 0 Å². The first kappa shape index (κ1) is 17.9. The van der Waals surface area contributed by atoms with Crippen LogP contribution in [0.4, 0.5) is 0 Å². The van der Waals surface area contributed by atoms with Crippen LogP contribution < -0.4 is 10.6 Å². The monoisotopic (exact) mass is 299 g/mol. The molecule has 1 aliphatic rings. The molecular formula is C15H29N3O3. The second kappa shape index (κ2) is 10.6. The largest absolute Gasteiger partial charge is 0.385 e. The zero-order valence-electron chi connectivity index (χ0n) is 13.3. The van der Waals surface area contributed by atoms with Gasteiger partial charge >= 0.3 is 0 Å². The van der Waals surface area contributed by atoms with Crippen LogP contribution in [0.2, 0.25) is 0 Å².